The minimum Gasteiger partial charge on any atom is -0.545 e. The highest BCUT2D eigenvalue weighted by Crippen LogP contribution is 2.44. The lowest BCUT2D eigenvalue weighted by atomic mass is 10.0. The molecule has 0 aromatic heterocycles. The number of benzene rings is 2. The van der Waals surface area contributed by atoms with Gasteiger partial charge in [-0.1, -0.05) is 12.1 Å². The van der Waals surface area contributed by atoms with E-state index in [4.69, 9.17) is 14.2 Å². The first-order valence-electron chi connectivity index (χ1n) is 9.22. The fourth-order valence-corrected chi connectivity index (χ4v) is 2.93. The Balaban J connectivity index is 1.86. The molecular formula is C21H22N3O6-. The van der Waals surface area contributed by atoms with Crippen LogP contribution in [0.25, 0.3) is 0 Å². The van der Waals surface area contributed by atoms with E-state index >= 15 is 0 Å². The molecule has 1 aliphatic rings. The molecule has 0 unspecified atom stereocenters. The van der Waals surface area contributed by atoms with Crippen LogP contribution in [0.1, 0.15) is 28.4 Å². The van der Waals surface area contributed by atoms with Crippen LogP contribution in [0.15, 0.2) is 35.4 Å². The van der Waals surface area contributed by atoms with E-state index < -0.39 is 5.97 Å². The first-order chi connectivity index (χ1) is 14.4. The van der Waals surface area contributed by atoms with Crippen molar-refractivity contribution in [1.82, 2.24) is 4.90 Å². The number of hydrogen-bond donors (Lipinski definition) is 1. The number of carboxylic acid groups (broad SMARTS) is 1. The van der Waals surface area contributed by atoms with E-state index in [0.717, 1.165) is 5.56 Å². The van der Waals surface area contributed by atoms with E-state index in [1.807, 2.05) is 6.07 Å². The number of anilines is 1. The van der Waals surface area contributed by atoms with Gasteiger partial charge in [-0.3, -0.25) is 10.2 Å². The third-order valence-corrected chi connectivity index (χ3v) is 4.71. The third-order valence-electron chi connectivity index (χ3n) is 4.71. The van der Waals surface area contributed by atoms with Crippen LogP contribution in [0.5, 0.6) is 17.2 Å². The zero-order chi connectivity index (χ0) is 21.7. The average Bonchev–Trinajstić information content (AvgIpc) is 3.20. The first-order valence-corrected chi connectivity index (χ1v) is 9.22. The molecule has 1 heterocycles. The highest BCUT2D eigenvalue weighted by molar-refractivity contribution is 5.89. The lowest BCUT2D eigenvalue weighted by molar-refractivity contribution is -0.255. The van der Waals surface area contributed by atoms with Gasteiger partial charge < -0.3 is 29.0 Å². The van der Waals surface area contributed by atoms with Gasteiger partial charge in [0.25, 0.3) is 0 Å². The van der Waals surface area contributed by atoms with E-state index in [-0.39, 0.29) is 18.3 Å². The number of nitrogens with zero attached hydrogens (tertiary/aromatic N) is 2. The number of rotatable bonds is 8. The number of fused-ring (bicyclic) bond motifs is 1. The summed E-state index contributed by atoms with van der Waals surface area (Å²) in [5.41, 5.74) is 5.11. The highest BCUT2D eigenvalue weighted by Gasteiger charge is 2.24. The van der Waals surface area contributed by atoms with E-state index in [0.29, 0.717) is 41.5 Å². The van der Waals surface area contributed by atoms with Crippen LogP contribution in [-0.2, 0) is 11.2 Å². The van der Waals surface area contributed by atoms with Crippen molar-refractivity contribution in [2.75, 3.05) is 32.9 Å². The van der Waals surface area contributed by atoms with Gasteiger partial charge >= 0.3 is 0 Å². The quantitative estimate of drug-likeness (QED) is 0.513. The maximum atomic E-state index is 11.5. The predicted molar refractivity (Wildman–Crippen MR) is 108 cm³/mol. The molecule has 0 spiro atoms. The summed E-state index contributed by atoms with van der Waals surface area (Å²) >= 11 is 0. The van der Waals surface area contributed by atoms with Crippen molar-refractivity contribution in [3.8, 4) is 17.2 Å². The molecule has 3 rings (SSSR count). The normalized spacial score (nSPS) is 12.1. The SMILES string of the molecule is COc1c(/C=N\Nc2ccc(C(=O)[O-])cc2)c(CCN(C)C(C)=O)cc2c1OCO2. The smallest absolute Gasteiger partial charge is 0.231 e. The number of carbonyl (C=O) groups excluding carboxylic acids is 2. The summed E-state index contributed by atoms with van der Waals surface area (Å²) in [7, 11) is 3.27. The Hall–Kier alpha value is -3.75. The highest BCUT2D eigenvalue weighted by atomic mass is 16.7. The minimum atomic E-state index is -1.24. The molecule has 2 aromatic carbocycles. The van der Waals surface area contributed by atoms with Gasteiger partial charge in [0.05, 0.1) is 25.0 Å². The number of hydrazone groups is 1. The summed E-state index contributed by atoms with van der Waals surface area (Å²) in [4.78, 5) is 24.0. The van der Waals surface area contributed by atoms with Crippen LogP contribution < -0.4 is 24.7 Å². The zero-order valence-electron chi connectivity index (χ0n) is 16.9. The van der Waals surface area contributed by atoms with Crippen molar-refractivity contribution < 1.29 is 28.9 Å². The van der Waals surface area contributed by atoms with Crippen molar-refractivity contribution in [3.63, 3.8) is 0 Å². The Morgan fingerprint density at radius 2 is 2.03 bits per heavy atom. The van der Waals surface area contributed by atoms with Gasteiger partial charge in [-0.25, -0.2) is 0 Å². The minimum absolute atomic E-state index is 0.0281. The van der Waals surface area contributed by atoms with Gasteiger partial charge in [0.1, 0.15) is 0 Å². The monoisotopic (exact) mass is 412 g/mol. The average molecular weight is 412 g/mol. The van der Waals surface area contributed by atoms with Gasteiger partial charge in [-0.05, 0) is 35.7 Å². The Morgan fingerprint density at radius 3 is 2.67 bits per heavy atom. The molecule has 1 amide bonds. The molecule has 0 aliphatic carbocycles. The second kappa shape index (κ2) is 9.17. The molecule has 9 heteroatoms. The van der Waals surface area contributed by atoms with Crippen molar-refractivity contribution >= 4 is 23.8 Å². The standard InChI is InChI=1S/C21H23N3O6/c1-13(25)24(2)9-8-15-10-18-20(30-12-29-18)19(28-3)17(15)11-22-23-16-6-4-14(5-7-16)21(26)27/h4-7,10-11,23H,8-9,12H2,1-3H3,(H,26,27)/p-1/b22-11-. The van der Waals surface area contributed by atoms with Gasteiger partial charge in [-0.2, -0.15) is 5.10 Å². The number of methoxy groups -OCH3 is 1. The summed E-state index contributed by atoms with van der Waals surface area (Å²) in [6.07, 6.45) is 2.15. The second-order valence-corrected chi connectivity index (χ2v) is 6.64. The Labute approximate surface area is 173 Å². The lowest BCUT2D eigenvalue weighted by Crippen LogP contribution is -2.26. The van der Waals surface area contributed by atoms with Crippen molar-refractivity contribution in [2.45, 2.75) is 13.3 Å². The van der Waals surface area contributed by atoms with Gasteiger partial charge in [0.2, 0.25) is 18.4 Å². The molecule has 30 heavy (non-hydrogen) atoms. The number of nitrogens with one attached hydrogen (secondary N) is 1. The molecule has 1 N–H and O–H groups in total. The van der Waals surface area contributed by atoms with Gasteiger partial charge in [-0.15, -0.1) is 0 Å². The molecule has 0 fully saturated rings. The second-order valence-electron chi connectivity index (χ2n) is 6.64. The Bertz CT molecular complexity index is 972. The van der Waals surface area contributed by atoms with Crippen molar-refractivity contribution in [1.29, 1.82) is 0 Å². The Kier molecular flexibility index (Phi) is 6.41. The molecule has 1 aliphatic heterocycles. The molecule has 0 radical (unpaired) electrons. The van der Waals surface area contributed by atoms with E-state index in [2.05, 4.69) is 10.5 Å². The summed E-state index contributed by atoms with van der Waals surface area (Å²) in [6, 6.07) is 7.88. The van der Waals surface area contributed by atoms with Crippen LogP contribution in [-0.4, -0.2) is 50.5 Å². The molecular weight excluding hydrogens is 390 g/mol. The molecule has 0 saturated heterocycles. The molecule has 0 atom stereocenters. The van der Waals surface area contributed by atoms with Crippen LogP contribution in [0.4, 0.5) is 5.69 Å². The van der Waals surface area contributed by atoms with Crippen LogP contribution in [0.2, 0.25) is 0 Å². The summed E-state index contributed by atoms with van der Waals surface area (Å²) < 4.78 is 16.6. The summed E-state index contributed by atoms with van der Waals surface area (Å²) in [6.45, 7) is 2.12. The topological polar surface area (TPSA) is 113 Å². The van der Waals surface area contributed by atoms with Gasteiger partial charge in [0.15, 0.2) is 11.5 Å². The molecule has 9 nitrogen and oxygen atoms in total. The third kappa shape index (κ3) is 4.62. The lowest BCUT2D eigenvalue weighted by Gasteiger charge is -2.17. The number of carbonyl (C=O) groups is 2. The van der Waals surface area contributed by atoms with Crippen LogP contribution in [0, 0.1) is 0 Å². The van der Waals surface area contributed by atoms with E-state index in [1.54, 1.807) is 30.3 Å². The number of carboxylic acids is 1. The summed E-state index contributed by atoms with van der Waals surface area (Å²) in [5.74, 6) is 0.300. The zero-order valence-corrected chi connectivity index (χ0v) is 16.9. The van der Waals surface area contributed by atoms with Gasteiger partial charge in [0, 0.05) is 26.1 Å². The Morgan fingerprint density at radius 1 is 1.30 bits per heavy atom. The summed E-state index contributed by atoms with van der Waals surface area (Å²) in [5, 5.41) is 15.1. The van der Waals surface area contributed by atoms with E-state index in [1.165, 1.54) is 26.2 Å². The predicted octanol–water partition coefficient (Wildman–Crippen LogP) is 1.25. The fraction of sp³-hybridized carbons (Fsp3) is 0.286. The molecule has 2 aromatic rings. The first kappa shape index (κ1) is 21.0. The molecule has 158 valence electrons. The van der Waals surface area contributed by atoms with Crippen molar-refractivity contribution in [2.24, 2.45) is 5.10 Å². The molecule has 0 bridgehead atoms. The maximum Gasteiger partial charge on any atom is 0.231 e. The maximum absolute atomic E-state index is 11.5. The van der Waals surface area contributed by atoms with Crippen LogP contribution >= 0.6 is 0 Å². The van der Waals surface area contributed by atoms with Crippen LogP contribution in [0.3, 0.4) is 0 Å². The number of amides is 1. The van der Waals surface area contributed by atoms with E-state index in [9.17, 15) is 14.7 Å². The number of hydrogen-bond acceptors (Lipinski definition) is 8. The number of likely N-dealkylation sites (N-methyl/N-ethyl adjacent to an activating group) is 1. The molecule has 0 saturated carbocycles. The largest absolute Gasteiger partial charge is 0.545 e. The fourth-order valence-electron chi connectivity index (χ4n) is 2.93. The number of ether oxygens (including phenoxy) is 3. The number of aromatic carboxylic acids is 1. The van der Waals surface area contributed by atoms with Crippen molar-refractivity contribution in [3.05, 3.63) is 47.0 Å².